The van der Waals surface area contributed by atoms with Crippen molar-refractivity contribution in [2.24, 2.45) is 11.8 Å². The van der Waals surface area contributed by atoms with Crippen LogP contribution in [0.15, 0.2) is 30.3 Å². The van der Waals surface area contributed by atoms with Gasteiger partial charge in [0.25, 0.3) is 0 Å². The molecule has 0 atom stereocenters. The minimum Gasteiger partial charge on any atom is -0.299 e. The monoisotopic (exact) mass is 415 g/mol. The third kappa shape index (κ3) is 16.9. The molecule has 0 aliphatic heterocycles. The van der Waals surface area contributed by atoms with Gasteiger partial charge in [-0.05, 0) is 43.3 Å². The smallest absolute Gasteiger partial charge is 0.0233 e. The third-order valence-corrected chi connectivity index (χ3v) is 6.26. The van der Waals surface area contributed by atoms with Crippen molar-refractivity contribution in [3.8, 4) is 0 Å². The van der Waals surface area contributed by atoms with Crippen molar-refractivity contribution in [1.82, 2.24) is 4.90 Å². The minimum atomic E-state index is 0.872. The fraction of sp³-hybridized carbons (Fsp3) is 0.793. The zero-order valence-electron chi connectivity index (χ0n) is 21.0. The molecule has 0 aliphatic carbocycles. The molecule has 1 nitrogen and oxygen atoms in total. The maximum absolute atomic E-state index is 2.72. The van der Waals surface area contributed by atoms with Gasteiger partial charge in [0.15, 0.2) is 0 Å². The molecule has 0 aliphatic rings. The van der Waals surface area contributed by atoms with Gasteiger partial charge in [-0.3, -0.25) is 4.90 Å². The van der Waals surface area contributed by atoms with Gasteiger partial charge < -0.3 is 0 Å². The van der Waals surface area contributed by atoms with E-state index in [1.54, 1.807) is 0 Å². The second-order valence-corrected chi connectivity index (χ2v) is 10.4. The Morgan fingerprint density at radius 2 is 0.933 bits per heavy atom. The van der Waals surface area contributed by atoms with Crippen LogP contribution in [-0.4, -0.2) is 18.0 Å². The zero-order chi connectivity index (χ0) is 21.9. The fourth-order valence-electron chi connectivity index (χ4n) is 4.30. The van der Waals surface area contributed by atoms with E-state index in [9.17, 15) is 0 Å². The van der Waals surface area contributed by atoms with Crippen molar-refractivity contribution < 1.29 is 0 Å². The lowest BCUT2D eigenvalue weighted by molar-refractivity contribution is 0.252. The largest absolute Gasteiger partial charge is 0.299 e. The normalized spacial score (nSPS) is 11.8. The number of benzene rings is 1. The van der Waals surface area contributed by atoms with Crippen molar-refractivity contribution in [2.45, 2.75) is 124 Å². The van der Waals surface area contributed by atoms with Gasteiger partial charge in [-0.25, -0.2) is 0 Å². The first-order valence-corrected chi connectivity index (χ1v) is 13.3. The predicted octanol–water partition coefficient (Wildman–Crippen LogP) is 9.26. The highest BCUT2D eigenvalue weighted by molar-refractivity contribution is 5.14. The van der Waals surface area contributed by atoms with Crippen LogP contribution in [0.5, 0.6) is 0 Å². The summed E-state index contributed by atoms with van der Waals surface area (Å²) in [5, 5.41) is 0. The van der Waals surface area contributed by atoms with Crippen molar-refractivity contribution in [3.63, 3.8) is 0 Å². The van der Waals surface area contributed by atoms with E-state index in [4.69, 9.17) is 0 Å². The summed E-state index contributed by atoms with van der Waals surface area (Å²) in [6, 6.07) is 11.1. The molecule has 0 spiro atoms. The summed E-state index contributed by atoms with van der Waals surface area (Å²) >= 11 is 0. The molecule has 0 saturated heterocycles. The number of rotatable bonds is 20. The Kier molecular flexibility index (Phi) is 17.2. The van der Waals surface area contributed by atoms with Crippen molar-refractivity contribution in [2.75, 3.05) is 13.1 Å². The number of unbranched alkanes of at least 4 members (excludes halogenated alkanes) is 10. The molecule has 30 heavy (non-hydrogen) atoms. The molecule has 1 aromatic carbocycles. The lowest BCUT2D eigenvalue weighted by atomic mass is 10.0. The molecular weight excluding hydrogens is 362 g/mol. The summed E-state index contributed by atoms with van der Waals surface area (Å²) in [5.41, 5.74) is 1.47. The molecule has 0 fully saturated rings. The topological polar surface area (TPSA) is 3.24 Å². The second-order valence-electron chi connectivity index (χ2n) is 10.4. The van der Waals surface area contributed by atoms with Crippen molar-refractivity contribution in [1.29, 1.82) is 0 Å². The van der Waals surface area contributed by atoms with E-state index in [1.807, 2.05) is 0 Å². The standard InChI is InChI=1S/C29H53N/c1-27(2)20-14-9-5-7-11-18-24-30(26-29-22-16-13-17-23-29)25-19-12-8-6-10-15-21-28(3)4/h13,16-17,22-23,27-28H,5-12,14-15,18-21,24-26H2,1-4H3. The lowest BCUT2D eigenvalue weighted by Crippen LogP contribution is -2.25. The van der Waals surface area contributed by atoms with Crippen LogP contribution in [0.1, 0.15) is 123 Å². The SMILES string of the molecule is CC(C)CCCCCCCCN(CCCCCCCCC(C)C)Cc1ccccc1. The highest BCUT2D eigenvalue weighted by Gasteiger charge is 2.06. The van der Waals surface area contributed by atoms with Gasteiger partial charge in [0.2, 0.25) is 0 Å². The van der Waals surface area contributed by atoms with E-state index in [0.29, 0.717) is 0 Å². The molecule has 1 heteroatoms. The van der Waals surface area contributed by atoms with Crippen LogP contribution in [-0.2, 0) is 6.54 Å². The highest BCUT2D eigenvalue weighted by atomic mass is 15.1. The van der Waals surface area contributed by atoms with E-state index in [-0.39, 0.29) is 0 Å². The molecule has 174 valence electrons. The first kappa shape index (κ1) is 27.2. The Bertz CT molecular complexity index is 441. The second kappa shape index (κ2) is 18.9. The zero-order valence-corrected chi connectivity index (χ0v) is 21.0. The van der Waals surface area contributed by atoms with E-state index in [1.165, 1.54) is 109 Å². The Labute approximate surface area is 190 Å². The van der Waals surface area contributed by atoms with Crippen LogP contribution in [0.2, 0.25) is 0 Å². The number of hydrogen-bond acceptors (Lipinski definition) is 1. The molecule has 0 N–H and O–H groups in total. The van der Waals surface area contributed by atoms with Crippen LogP contribution in [0.25, 0.3) is 0 Å². The van der Waals surface area contributed by atoms with Crippen LogP contribution < -0.4 is 0 Å². The third-order valence-electron chi connectivity index (χ3n) is 6.26. The van der Waals surface area contributed by atoms with Crippen LogP contribution in [0.4, 0.5) is 0 Å². The van der Waals surface area contributed by atoms with E-state index < -0.39 is 0 Å². The summed E-state index contributed by atoms with van der Waals surface area (Å²) in [4.78, 5) is 2.72. The van der Waals surface area contributed by atoms with Crippen LogP contribution in [0.3, 0.4) is 0 Å². The molecule has 0 unspecified atom stereocenters. The van der Waals surface area contributed by atoms with Gasteiger partial charge in [0, 0.05) is 6.54 Å². The molecular formula is C29H53N. The fourth-order valence-corrected chi connectivity index (χ4v) is 4.30. The van der Waals surface area contributed by atoms with E-state index in [0.717, 1.165) is 18.4 Å². The predicted molar refractivity (Wildman–Crippen MR) is 136 cm³/mol. The van der Waals surface area contributed by atoms with Gasteiger partial charge in [-0.15, -0.1) is 0 Å². The molecule has 0 bridgehead atoms. The summed E-state index contributed by atoms with van der Waals surface area (Å²) in [6.07, 6.45) is 19.8. The highest BCUT2D eigenvalue weighted by Crippen LogP contribution is 2.14. The molecule has 1 rings (SSSR count). The van der Waals surface area contributed by atoms with Gasteiger partial charge in [-0.1, -0.05) is 135 Å². The Balaban J connectivity index is 2.17. The Hall–Kier alpha value is -0.820. The lowest BCUT2D eigenvalue weighted by Gasteiger charge is -2.22. The first-order chi connectivity index (χ1) is 14.6. The maximum atomic E-state index is 2.72. The maximum Gasteiger partial charge on any atom is 0.0233 e. The Morgan fingerprint density at radius 3 is 1.37 bits per heavy atom. The molecule has 0 heterocycles. The van der Waals surface area contributed by atoms with Gasteiger partial charge in [0.1, 0.15) is 0 Å². The average Bonchev–Trinajstić information content (AvgIpc) is 2.72. The average molecular weight is 416 g/mol. The molecule has 0 saturated carbocycles. The van der Waals surface area contributed by atoms with Gasteiger partial charge >= 0.3 is 0 Å². The number of nitrogens with zero attached hydrogens (tertiary/aromatic N) is 1. The van der Waals surface area contributed by atoms with Gasteiger partial charge in [0.05, 0.1) is 0 Å². The summed E-state index contributed by atoms with van der Waals surface area (Å²) in [7, 11) is 0. The molecule has 0 radical (unpaired) electrons. The van der Waals surface area contributed by atoms with Gasteiger partial charge in [-0.2, -0.15) is 0 Å². The minimum absolute atomic E-state index is 0.872. The molecule has 1 aromatic rings. The van der Waals surface area contributed by atoms with Crippen molar-refractivity contribution >= 4 is 0 Å². The summed E-state index contributed by atoms with van der Waals surface area (Å²) in [6.45, 7) is 13.0. The summed E-state index contributed by atoms with van der Waals surface area (Å²) < 4.78 is 0. The number of hydrogen-bond donors (Lipinski definition) is 0. The quantitative estimate of drug-likeness (QED) is 0.192. The van der Waals surface area contributed by atoms with E-state index >= 15 is 0 Å². The summed E-state index contributed by atoms with van der Waals surface area (Å²) in [5.74, 6) is 1.74. The Morgan fingerprint density at radius 1 is 0.533 bits per heavy atom. The van der Waals surface area contributed by atoms with Crippen LogP contribution in [0, 0.1) is 11.8 Å². The first-order valence-electron chi connectivity index (χ1n) is 13.3. The van der Waals surface area contributed by atoms with E-state index in [2.05, 4.69) is 62.9 Å². The van der Waals surface area contributed by atoms with Crippen LogP contribution >= 0.6 is 0 Å². The molecule has 0 aromatic heterocycles. The molecule has 0 amide bonds. The van der Waals surface area contributed by atoms with Crippen molar-refractivity contribution in [3.05, 3.63) is 35.9 Å².